The minimum absolute atomic E-state index is 0.125. The summed E-state index contributed by atoms with van der Waals surface area (Å²) in [6.45, 7) is -0.250. The zero-order valence-corrected chi connectivity index (χ0v) is 11.2. The Morgan fingerprint density at radius 2 is 1.10 bits per heavy atom. The SMILES string of the molecule is N=C=O.OCCO.c1ccc(Cc2ccccc2)cc1. The van der Waals surface area contributed by atoms with Crippen LogP contribution in [0.3, 0.4) is 0 Å². The van der Waals surface area contributed by atoms with E-state index in [2.05, 4.69) is 60.7 Å². The average molecular weight is 273 g/mol. The van der Waals surface area contributed by atoms with Crippen molar-refractivity contribution in [3.8, 4) is 0 Å². The first-order valence-electron chi connectivity index (χ1n) is 6.12. The average Bonchev–Trinajstić information content (AvgIpc) is 2.50. The van der Waals surface area contributed by atoms with E-state index in [4.69, 9.17) is 20.4 Å². The molecule has 4 heteroatoms. The lowest BCUT2D eigenvalue weighted by Gasteiger charge is -2.00. The van der Waals surface area contributed by atoms with E-state index in [9.17, 15) is 0 Å². The molecule has 0 aromatic heterocycles. The van der Waals surface area contributed by atoms with Crippen LogP contribution in [0.4, 0.5) is 0 Å². The van der Waals surface area contributed by atoms with Crippen LogP contribution in [0.25, 0.3) is 0 Å². The van der Waals surface area contributed by atoms with Crippen molar-refractivity contribution < 1.29 is 15.0 Å². The normalized spacial score (nSPS) is 8.30. The molecule has 0 aliphatic heterocycles. The van der Waals surface area contributed by atoms with Gasteiger partial charge in [-0.25, -0.2) is 10.2 Å². The molecule has 0 aliphatic rings. The number of carbonyl (C=O) groups excluding carboxylic acids is 1. The number of hydrogen-bond acceptors (Lipinski definition) is 4. The van der Waals surface area contributed by atoms with Crippen molar-refractivity contribution in [2.45, 2.75) is 6.42 Å². The van der Waals surface area contributed by atoms with E-state index in [1.807, 2.05) is 0 Å². The number of aliphatic hydroxyl groups excluding tert-OH is 2. The predicted molar refractivity (Wildman–Crippen MR) is 78.3 cm³/mol. The van der Waals surface area contributed by atoms with Crippen molar-refractivity contribution in [2.24, 2.45) is 0 Å². The first kappa shape index (κ1) is 17.7. The first-order valence-corrected chi connectivity index (χ1v) is 6.12. The van der Waals surface area contributed by atoms with Gasteiger partial charge in [0.25, 0.3) is 0 Å². The van der Waals surface area contributed by atoms with E-state index >= 15 is 0 Å². The third-order valence-corrected chi connectivity index (χ3v) is 2.19. The molecular formula is C16H19NO3. The lowest BCUT2D eigenvalue weighted by Crippen LogP contribution is -1.85. The molecule has 0 fully saturated rings. The number of rotatable bonds is 3. The van der Waals surface area contributed by atoms with Gasteiger partial charge in [0.15, 0.2) is 0 Å². The van der Waals surface area contributed by atoms with Gasteiger partial charge in [-0.1, -0.05) is 60.7 Å². The molecule has 4 nitrogen and oxygen atoms in total. The van der Waals surface area contributed by atoms with Gasteiger partial charge in [0.1, 0.15) is 0 Å². The highest BCUT2D eigenvalue weighted by Gasteiger charge is 1.92. The zero-order chi connectivity index (χ0) is 15.1. The molecule has 0 saturated heterocycles. The zero-order valence-electron chi connectivity index (χ0n) is 11.2. The molecule has 0 heterocycles. The molecular weight excluding hydrogens is 254 g/mol. The quantitative estimate of drug-likeness (QED) is 0.592. The maximum absolute atomic E-state index is 8.35. The second kappa shape index (κ2) is 13.2. The summed E-state index contributed by atoms with van der Waals surface area (Å²) in [7, 11) is 0. The molecule has 0 amide bonds. The summed E-state index contributed by atoms with van der Waals surface area (Å²) < 4.78 is 0. The van der Waals surface area contributed by atoms with Crippen molar-refractivity contribution >= 4 is 6.08 Å². The molecule has 20 heavy (non-hydrogen) atoms. The summed E-state index contributed by atoms with van der Waals surface area (Å²) in [6, 6.07) is 21.1. The highest BCUT2D eigenvalue weighted by molar-refractivity contribution is 5.26. The van der Waals surface area contributed by atoms with Gasteiger partial charge >= 0.3 is 0 Å². The lowest BCUT2D eigenvalue weighted by atomic mass is 10.1. The molecule has 0 saturated carbocycles. The molecule has 2 rings (SSSR count). The number of benzene rings is 2. The topological polar surface area (TPSA) is 81.4 Å². The predicted octanol–water partition coefficient (Wildman–Crippen LogP) is 2.15. The van der Waals surface area contributed by atoms with Crippen molar-refractivity contribution in [2.75, 3.05) is 13.2 Å². The molecule has 3 N–H and O–H groups in total. The standard InChI is InChI=1S/C13H12.C2H6O2.CHNO/c1-3-7-12(8-4-1)11-13-9-5-2-6-10-13;3-1-2-4;2-1-3/h1-10H,11H2;3-4H,1-2H2;2H. The summed E-state index contributed by atoms with van der Waals surface area (Å²) in [4.78, 5) is 8.35. The molecule has 0 radical (unpaired) electrons. The molecule has 106 valence electrons. The summed E-state index contributed by atoms with van der Waals surface area (Å²) in [5, 5.41) is 20.7. The van der Waals surface area contributed by atoms with Gasteiger partial charge in [-0.2, -0.15) is 0 Å². The van der Waals surface area contributed by atoms with Crippen molar-refractivity contribution in [3.05, 3.63) is 71.8 Å². The summed E-state index contributed by atoms with van der Waals surface area (Å²) in [6.07, 6.45) is 1.78. The Balaban J connectivity index is 0.000000438. The van der Waals surface area contributed by atoms with Crippen molar-refractivity contribution in [1.29, 1.82) is 5.41 Å². The van der Waals surface area contributed by atoms with Gasteiger partial charge in [0.05, 0.1) is 13.2 Å². The van der Waals surface area contributed by atoms with Crippen LogP contribution in [0, 0.1) is 5.41 Å². The molecule has 0 spiro atoms. The number of aliphatic hydroxyl groups is 2. The van der Waals surface area contributed by atoms with Crippen LogP contribution in [-0.2, 0) is 11.2 Å². The Kier molecular flexibility index (Phi) is 11.7. The lowest BCUT2D eigenvalue weighted by molar-refractivity contribution is 0.186. The Labute approximate surface area is 118 Å². The van der Waals surface area contributed by atoms with E-state index in [0.717, 1.165) is 12.5 Å². The maximum Gasteiger partial charge on any atom is 0.231 e. The smallest absolute Gasteiger partial charge is 0.231 e. The van der Waals surface area contributed by atoms with Crippen molar-refractivity contribution in [3.63, 3.8) is 0 Å². The molecule has 0 aliphatic carbocycles. The van der Waals surface area contributed by atoms with E-state index in [0.29, 0.717) is 0 Å². The molecule has 0 bridgehead atoms. The fourth-order valence-corrected chi connectivity index (χ4v) is 1.43. The minimum Gasteiger partial charge on any atom is -0.394 e. The van der Waals surface area contributed by atoms with Gasteiger partial charge in [-0.05, 0) is 17.5 Å². The van der Waals surface area contributed by atoms with E-state index < -0.39 is 0 Å². The highest BCUT2D eigenvalue weighted by Crippen LogP contribution is 2.07. The minimum atomic E-state index is -0.125. The Morgan fingerprint density at radius 1 is 0.800 bits per heavy atom. The van der Waals surface area contributed by atoms with Crippen LogP contribution in [0.15, 0.2) is 60.7 Å². The summed E-state index contributed by atoms with van der Waals surface area (Å²) in [5.41, 5.74) is 2.74. The molecule has 2 aromatic rings. The van der Waals surface area contributed by atoms with Crippen LogP contribution >= 0.6 is 0 Å². The van der Waals surface area contributed by atoms with Crippen LogP contribution in [0.5, 0.6) is 0 Å². The Morgan fingerprint density at radius 3 is 1.35 bits per heavy atom. The summed E-state index contributed by atoms with van der Waals surface area (Å²) >= 11 is 0. The van der Waals surface area contributed by atoms with E-state index in [-0.39, 0.29) is 13.2 Å². The van der Waals surface area contributed by atoms with Crippen molar-refractivity contribution in [1.82, 2.24) is 0 Å². The Bertz CT molecular complexity index is 426. The fourth-order valence-electron chi connectivity index (χ4n) is 1.43. The second-order valence-corrected chi connectivity index (χ2v) is 3.70. The van der Waals surface area contributed by atoms with E-state index in [1.165, 1.54) is 11.1 Å². The van der Waals surface area contributed by atoms with Gasteiger partial charge in [-0.15, -0.1) is 0 Å². The molecule has 0 unspecified atom stereocenters. The number of hydrogen-bond donors (Lipinski definition) is 3. The van der Waals surface area contributed by atoms with Gasteiger partial charge in [-0.3, -0.25) is 0 Å². The second-order valence-electron chi connectivity index (χ2n) is 3.70. The largest absolute Gasteiger partial charge is 0.394 e. The van der Waals surface area contributed by atoms with Crippen LogP contribution in [-0.4, -0.2) is 29.5 Å². The maximum atomic E-state index is 8.35. The highest BCUT2D eigenvalue weighted by atomic mass is 16.3. The first-order chi connectivity index (χ1) is 9.78. The fraction of sp³-hybridized carbons (Fsp3) is 0.188. The van der Waals surface area contributed by atoms with Gasteiger partial charge in [0.2, 0.25) is 6.08 Å². The Hall–Kier alpha value is -2.26. The molecule has 2 aromatic carbocycles. The monoisotopic (exact) mass is 273 g/mol. The van der Waals surface area contributed by atoms with Crippen LogP contribution < -0.4 is 0 Å². The van der Waals surface area contributed by atoms with Crippen LogP contribution in [0.2, 0.25) is 0 Å². The van der Waals surface area contributed by atoms with Crippen LogP contribution in [0.1, 0.15) is 11.1 Å². The van der Waals surface area contributed by atoms with E-state index in [1.54, 1.807) is 0 Å². The molecule has 0 atom stereocenters. The number of isocyanates is 1. The third kappa shape index (κ3) is 9.74. The summed E-state index contributed by atoms with van der Waals surface area (Å²) in [5.74, 6) is 0. The number of nitrogens with one attached hydrogen (secondary N) is 1. The van der Waals surface area contributed by atoms with Gasteiger partial charge in [0, 0.05) is 0 Å². The van der Waals surface area contributed by atoms with Gasteiger partial charge < -0.3 is 10.2 Å². The third-order valence-electron chi connectivity index (χ3n) is 2.19.